The van der Waals surface area contributed by atoms with Crippen LogP contribution in [0.5, 0.6) is 11.5 Å². The summed E-state index contributed by atoms with van der Waals surface area (Å²) in [4.78, 5) is 4.28. The van der Waals surface area contributed by atoms with Crippen molar-refractivity contribution in [2.45, 2.75) is 0 Å². The molecule has 0 saturated carbocycles. The molecule has 0 spiro atoms. The number of hydrogen-bond donors (Lipinski definition) is 1. The molecule has 0 aliphatic rings. The lowest BCUT2D eigenvalue weighted by Crippen LogP contribution is -2.09. The number of nitrogens with two attached hydrogens (primary N) is 1. The average molecular weight is 280 g/mol. The van der Waals surface area contributed by atoms with Gasteiger partial charge in [0, 0.05) is 11.6 Å². The molecular formula is C17H16N2O2. The van der Waals surface area contributed by atoms with E-state index in [-0.39, 0.29) is 0 Å². The Morgan fingerprint density at radius 1 is 0.857 bits per heavy atom. The maximum Gasteiger partial charge on any atom is 0.130 e. The normalized spacial score (nSPS) is 10.5. The van der Waals surface area contributed by atoms with Crippen LogP contribution in [0.25, 0.3) is 10.9 Å². The van der Waals surface area contributed by atoms with Crippen LogP contribution in [0.15, 0.2) is 60.8 Å². The maximum absolute atomic E-state index is 5.91. The van der Waals surface area contributed by atoms with Crippen molar-refractivity contribution in [2.24, 2.45) is 0 Å². The molecule has 0 bridgehead atoms. The summed E-state index contributed by atoms with van der Waals surface area (Å²) in [6, 6.07) is 17.2. The second-order valence-electron chi connectivity index (χ2n) is 4.56. The summed E-state index contributed by atoms with van der Waals surface area (Å²) in [6.45, 7) is 0.943. The highest BCUT2D eigenvalue weighted by atomic mass is 16.5. The second-order valence-corrected chi connectivity index (χ2v) is 4.56. The van der Waals surface area contributed by atoms with Crippen molar-refractivity contribution in [1.29, 1.82) is 0 Å². The van der Waals surface area contributed by atoms with Gasteiger partial charge in [-0.2, -0.15) is 0 Å². The van der Waals surface area contributed by atoms with Gasteiger partial charge in [-0.3, -0.25) is 4.98 Å². The predicted molar refractivity (Wildman–Crippen MR) is 83.6 cm³/mol. The van der Waals surface area contributed by atoms with Crippen LogP contribution in [0.3, 0.4) is 0 Å². The smallest absolute Gasteiger partial charge is 0.130 e. The van der Waals surface area contributed by atoms with Gasteiger partial charge < -0.3 is 15.2 Å². The summed E-state index contributed by atoms with van der Waals surface area (Å²) >= 11 is 0. The zero-order valence-corrected chi connectivity index (χ0v) is 11.5. The Labute approximate surface area is 123 Å². The fourth-order valence-electron chi connectivity index (χ4n) is 2.13. The van der Waals surface area contributed by atoms with Gasteiger partial charge in [-0.05, 0) is 30.3 Å². The minimum absolute atomic E-state index is 0.461. The van der Waals surface area contributed by atoms with Crippen LogP contribution < -0.4 is 15.2 Å². The van der Waals surface area contributed by atoms with Gasteiger partial charge in [0.25, 0.3) is 0 Å². The molecule has 4 nitrogen and oxygen atoms in total. The first-order valence-electron chi connectivity index (χ1n) is 6.78. The average Bonchev–Trinajstić information content (AvgIpc) is 2.53. The lowest BCUT2D eigenvalue weighted by Gasteiger charge is -2.10. The molecule has 106 valence electrons. The number of ether oxygens (including phenoxy) is 2. The maximum atomic E-state index is 5.91. The molecule has 3 aromatic rings. The molecule has 2 N–H and O–H groups in total. The molecule has 0 radical (unpaired) electrons. The molecule has 0 atom stereocenters. The van der Waals surface area contributed by atoms with Crippen LogP contribution in [0.2, 0.25) is 0 Å². The van der Waals surface area contributed by atoms with Crippen molar-refractivity contribution in [3.63, 3.8) is 0 Å². The van der Waals surface area contributed by atoms with Crippen molar-refractivity contribution in [1.82, 2.24) is 4.98 Å². The van der Waals surface area contributed by atoms with E-state index >= 15 is 0 Å². The Hall–Kier alpha value is -2.75. The van der Waals surface area contributed by atoms with Gasteiger partial charge >= 0.3 is 0 Å². The number of fused-ring (bicyclic) bond motifs is 1. The number of hydrogen-bond acceptors (Lipinski definition) is 4. The van der Waals surface area contributed by atoms with Gasteiger partial charge in [0.15, 0.2) is 0 Å². The van der Waals surface area contributed by atoms with E-state index in [2.05, 4.69) is 4.98 Å². The van der Waals surface area contributed by atoms with Crippen molar-refractivity contribution in [2.75, 3.05) is 18.9 Å². The summed E-state index contributed by atoms with van der Waals surface area (Å²) < 4.78 is 11.4. The third-order valence-corrected chi connectivity index (χ3v) is 3.12. The first-order valence-corrected chi connectivity index (χ1v) is 6.78. The van der Waals surface area contributed by atoms with Gasteiger partial charge in [-0.1, -0.05) is 24.3 Å². The fourth-order valence-corrected chi connectivity index (χ4v) is 2.13. The van der Waals surface area contributed by atoms with Gasteiger partial charge in [-0.15, -0.1) is 0 Å². The van der Waals surface area contributed by atoms with E-state index in [0.717, 1.165) is 22.4 Å². The van der Waals surface area contributed by atoms with Gasteiger partial charge in [-0.25, -0.2) is 0 Å². The van der Waals surface area contributed by atoms with E-state index < -0.39 is 0 Å². The molecule has 0 aliphatic heterocycles. The standard InChI is InChI=1S/C17H16N2O2/c18-15-8-4-7-14-16(9-10-19-17(14)15)21-12-11-20-13-5-2-1-3-6-13/h1-10H,11-12,18H2. The summed E-state index contributed by atoms with van der Waals surface area (Å²) in [7, 11) is 0. The number of pyridine rings is 1. The molecule has 2 aromatic carbocycles. The Balaban J connectivity index is 1.65. The van der Waals surface area contributed by atoms with Gasteiger partial charge in [0.2, 0.25) is 0 Å². The van der Waals surface area contributed by atoms with Crippen LogP contribution in [0.4, 0.5) is 5.69 Å². The minimum atomic E-state index is 0.461. The highest BCUT2D eigenvalue weighted by Gasteiger charge is 2.05. The summed E-state index contributed by atoms with van der Waals surface area (Å²) in [5.41, 5.74) is 7.33. The third-order valence-electron chi connectivity index (χ3n) is 3.12. The van der Waals surface area contributed by atoms with E-state index in [0.29, 0.717) is 18.9 Å². The largest absolute Gasteiger partial charge is 0.490 e. The number of nitrogen functional groups attached to an aromatic ring is 1. The molecule has 0 unspecified atom stereocenters. The Morgan fingerprint density at radius 3 is 2.52 bits per heavy atom. The van der Waals surface area contributed by atoms with Crippen molar-refractivity contribution >= 4 is 16.6 Å². The summed E-state index contributed by atoms with van der Waals surface area (Å²) in [6.07, 6.45) is 1.70. The predicted octanol–water partition coefficient (Wildman–Crippen LogP) is 3.27. The molecule has 4 heteroatoms. The fraction of sp³-hybridized carbons (Fsp3) is 0.118. The first kappa shape index (κ1) is 13.2. The number of para-hydroxylation sites is 2. The molecule has 0 amide bonds. The summed E-state index contributed by atoms with van der Waals surface area (Å²) in [5, 5.41) is 0.914. The van der Waals surface area contributed by atoms with E-state index in [4.69, 9.17) is 15.2 Å². The second kappa shape index (κ2) is 6.13. The molecule has 1 aromatic heterocycles. The molecule has 0 saturated heterocycles. The number of nitrogens with zero attached hydrogens (tertiary/aromatic N) is 1. The molecular weight excluding hydrogens is 264 g/mol. The lowest BCUT2D eigenvalue weighted by molar-refractivity contribution is 0.218. The SMILES string of the molecule is Nc1cccc2c(OCCOc3ccccc3)ccnc12. The topological polar surface area (TPSA) is 57.4 Å². The Kier molecular flexibility index (Phi) is 3.87. The monoisotopic (exact) mass is 280 g/mol. The van der Waals surface area contributed by atoms with Crippen molar-refractivity contribution in [3.05, 3.63) is 60.8 Å². The Bertz CT molecular complexity index is 729. The van der Waals surface area contributed by atoms with Crippen LogP contribution in [0.1, 0.15) is 0 Å². The molecule has 21 heavy (non-hydrogen) atoms. The van der Waals surface area contributed by atoms with E-state index in [1.165, 1.54) is 0 Å². The van der Waals surface area contributed by atoms with Crippen LogP contribution in [-0.4, -0.2) is 18.2 Å². The number of benzene rings is 2. The van der Waals surface area contributed by atoms with Crippen LogP contribution in [-0.2, 0) is 0 Å². The number of anilines is 1. The molecule has 0 aliphatic carbocycles. The highest BCUT2D eigenvalue weighted by Crippen LogP contribution is 2.27. The van der Waals surface area contributed by atoms with E-state index in [1.807, 2.05) is 54.6 Å². The zero-order chi connectivity index (χ0) is 14.5. The van der Waals surface area contributed by atoms with Crippen molar-refractivity contribution < 1.29 is 9.47 Å². The Morgan fingerprint density at radius 2 is 1.67 bits per heavy atom. The third kappa shape index (κ3) is 3.05. The molecule has 3 rings (SSSR count). The van der Waals surface area contributed by atoms with Crippen LogP contribution in [0, 0.1) is 0 Å². The first-order chi connectivity index (χ1) is 10.3. The number of rotatable bonds is 5. The quantitative estimate of drug-likeness (QED) is 0.575. The highest BCUT2D eigenvalue weighted by molar-refractivity contribution is 5.93. The van der Waals surface area contributed by atoms with Gasteiger partial charge in [0.05, 0.1) is 11.2 Å². The number of aromatic nitrogens is 1. The molecule has 1 heterocycles. The van der Waals surface area contributed by atoms with Crippen LogP contribution >= 0.6 is 0 Å². The summed E-state index contributed by atoms with van der Waals surface area (Å²) in [5.74, 6) is 1.61. The minimum Gasteiger partial charge on any atom is -0.490 e. The van der Waals surface area contributed by atoms with E-state index in [9.17, 15) is 0 Å². The van der Waals surface area contributed by atoms with Gasteiger partial charge in [0.1, 0.15) is 24.7 Å². The molecule has 0 fully saturated rings. The lowest BCUT2D eigenvalue weighted by atomic mass is 10.2. The van der Waals surface area contributed by atoms with Crippen molar-refractivity contribution in [3.8, 4) is 11.5 Å². The zero-order valence-electron chi connectivity index (χ0n) is 11.5. The van der Waals surface area contributed by atoms with E-state index in [1.54, 1.807) is 6.20 Å².